The van der Waals surface area contributed by atoms with Gasteiger partial charge in [-0.15, -0.1) is 0 Å². The zero-order valence-electron chi connectivity index (χ0n) is 9.38. The van der Waals surface area contributed by atoms with E-state index in [2.05, 4.69) is 0 Å². The Hall–Kier alpha value is -0.780. The van der Waals surface area contributed by atoms with E-state index >= 15 is 0 Å². The number of carboxylic acid groups (broad SMARTS) is 1. The molecule has 0 aliphatic rings. The summed E-state index contributed by atoms with van der Waals surface area (Å²) in [6.07, 6.45) is -2.98. The number of rotatable bonds is 7. The second-order valence-corrected chi connectivity index (χ2v) is 3.86. The Kier molecular flexibility index (Phi) is 6.40. The van der Waals surface area contributed by atoms with Gasteiger partial charge in [0.05, 0.1) is 6.61 Å². The molecule has 0 spiro atoms. The fourth-order valence-electron chi connectivity index (χ4n) is 1.27. The van der Waals surface area contributed by atoms with Crippen LogP contribution in [-0.4, -0.2) is 30.5 Å². The van der Waals surface area contributed by atoms with E-state index in [0.717, 1.165) is 12.8 Å². The van der Waals surface area contributed by atoms with Crippen molar-refractivity contribution in [1.29, 1.82) is 0 Å². The van der Waals surface area contributed by atoms with Crippen molar-refractivity contribution in [2.24, 2.45) is 11.8 Å². The van der Waals surface area contributed by atoms with Gasteiger partial charge in [-0.3, -0.25) is 4.79 Å². The van der Waals surface area contributed by atoms with Gasteiger partial charge in [0.2, 0.25) is 0 Å². The minimum absolute atomic E-state index is 0.146. The maximum absolute atomic E-state index is 12.2. The number of ether oxygens (including phenoxy) is 1. The van der Waals surface area contributed by atoms with Crippen molar-refractivity contribution in [3.63, 3.8) is 0 Å². The topological polar surface area (TPSA) is 46.5 Å². The fraction of sp³-hybridized carbons (Fsp3) is 0.900. The summed E-state index contributed by atoms with van der Waals surface area (Å²) >= 11 is 0. The van der Waals surface area contributed by atoms with Crippen LogP contribution in [-0.2, 0) is 9.53 Å². The molecule has 0 radical (unpaired) electrons. The average Bonchev–Trinajstić information content (AvgIpc) is 2.10. The van der Waals surface area contributed by atoms with Crippen LogP contribution in [0.15, 0.2) is 0 Å². The van der Waals surface area contributed by atoms with Gasteiger partial charge in [0.1, 0.15) is 0 Å². The van der Waals surface area contributed by atoms with Crippen molar-refractivity contribution in [2.45, 2.75) is 32.9 Å². The molecule has 2 unspecified atom stereocenters. The molecule has 0 heterocycles. The predicted molar refractivity (Wildman–Crippen MR) is 52.1 cm³/mol. The van der Waals surface area contributed by atoms with E-state index in [1.807, 2.05) is 13.8 Å². The van der Waals surface area contributed by atoms with Crippen LogP contribution in [0.3, 0.4) is 0 Å². The summed E-state index contributed by atoms with van der Waals surface area (Å²) < 4.78 is 41.3. The van der Waals surface area contributed by atoms with Crippen LogP contribution in [0.1, 0.15) is 26.7 Å². The molecule has 0 aromatic carbocycles. The number of aliphatic carboxylic acids is 1. The molecule has 6 heteroatoms. The van der Waals surface area contributed by atoms with Crippen molar-refractivity contribution < 1.29 is 27.8 Å². The third-order valence-corrected chi connectivity index (χ3v) is 2.16. The number of hydrogen-bond acceptors (Lipinski definition) is 2. The van der Waals surface area contributed by atoms with Gasteiger partial charge >= 0.3 is 12.1 Å². The van der Waals surface area contributed by atoms with Crippen LogP contribution in [0.25, 0.3) is 0 Å². The molecule has 0 aromatic heterocycles. The molecular weight excluding hydrogens is 225 g/mol. The Bertz CT molecular complexity index is 216. The molecule has 1 N–H and O–H groups in total. The molecule has 0 aliphatic carbocycles. The van der Waals surface area contributed by atoms with E-state index in [4.69, 9.17) is 9.84 Å². The van der Waals surface area contributed by atoms with Crippen LogP contribution >= 0.6 is 0 Å². The van der Waals surface area contributed by atoms with Gasteiger partial charge in [0.25, 0.3) is 0 Å². The summed E-state index contributed by atoms with van der Waals surface area (Å²) in [7, 11) is 0. The van der Waals surface area contributed by atoms with Gasteiger partial charge in [-0.25, -0.2) is 0 Å². The molecule has 2 atom stereocenters. The summed E-state index contributed by atoms with van der Waals surface area (Å²) in [5.74, 6) is -4.18. The molecule has 0 rings (SSSR count). The number of halogens is 3. The highest BCUT2D eigenvalue weighted by Crippen LogP contribution is 2.26. The van der Waals surface area contributed by atoms with Crippen molar-refractivity contribution in [2.75, 3.05) is 13.2 Å². The van der Waals surface area contributed by atoms with Crippen molar-refractivity contribution in [3.05, 3.63) is 0 Å². The molecule has 0 saturated carbocycles. The molecule has 96 valence electrons. The van der Waals surface area contributed by atoms with Crippen LogP contribution in [0.4, 0.5) is 13.2 Å². The van der Waals surface area contributed by atoms with Crippen LogP contribution in [0.5, 0.6) is 0 Å². The third-order valence-electron chi connectivity index (χ3n) is 2.16. The second-order valence-electron chi connectivity index (χ2n) is 3.86. The van der Waals surface area contributed by atoms with Gasteiger partial charge < -0.3 is 9.84 Å². The maximum Gasteiger partial charge on any atom is 0.404 e. The zero-order valence-corrected chi connectivity index (χ0v) is 9.38. The Balaban J connectivity index is 4.00. The SMILES string of the molecule is CCCC(C)COCC(C(=O)O)C(F)(F)F. The molecule has 0 aromatic rings. The highest BCUT2D eigenvalue weighted by Gasteiger charge is 2.45. The van der Waals surface area contributed by atoms with Gasteiger partial charge in [-0.2, -0.15) is 13.2 Å². The summed E-state index contributed by atoms with van der Waals surface area (Å²) in [6.45, 7) is 3.17. The summed E-state index contributed by atoms with van der Waals surface area (Å²) in [5.41, 5.74) is 0. The lowest BCUT2D eigenvalue weighted by atomic mass is 10.1. The van der Waals surface area contributed by atoms with E-state index in [-0.39, 0.29) is 12.5 Å². The van der Waals surface area contributed by atoms with E-state index < -0.39 is 24.7 Å². The Labute approximate surface area is 92.6 Å². The quantitative estimate of drug-likeness (QED) is 0.746. The first-order chi connectivity index (χ1) is 7.29. The van der Waals surface area contributed by atoms with Crippen LogP contribution in [0, 0.1) is 11.8 Å². The molecule has 16 heavy (non-hydrogen) atoms. The first kappa shape index (κ1) is 15.2. The molecule has 0 fully saturated rings. The monoisotopic (exact) mass is 242 g/mol. The number of alkyl halides is 3. The van der Waals surface area contributed by atoms with Crippen molar-refractivity contribution in [1.82, 2.24) is 0 Å². The normalized spacial score (nSPS) is 15.8. The van der Waals surface area contributed by atoms with Gasteiger partial charge in [0, 0.05) is 6.61 Å². The average molecular weight is 242 g/mol. The lowest BCUT2D eigenvalue weighted by Crippen LogP contribution is -2.34. The molecule has 0 bridgehead atoms. The third kappa shape index (κ3) is 5.95. The molecular formula is C10H17F3O3. The zero-order chi connectivity index (χ0) is 12.8. The lowest BCUT2D eigenvalue weighted by molar-refractivity contribution is -0.203. The van der Waals surface area contributed by atoms with E-state index in [1.165, 1.54) is 0 Å². The minimum atomic E-state index is -4.75. The highest BCUT2D eigenvalue weighted by atomic mass is 19.4. The van der Waals surface area contributed by atoms with Crippen molar-refractivity contribution in [3.8, 4) is 0 Å². The Morgan fingerprint density at radius 1 is 1.38 bits per heavy atom. The van der Waals surface area contributed by atoms with Gasteiger partial charge in [-0.05, 0) is 12.3 Å². The molecule has 0 aliphatic heterocycles. The first-order valence-corrected chi connectivity index (χ1v) is 5.16. The van der Waals surface area contributed by atoms with E-state index in [0.29, 0.717) is 0 Å². The van der Waals surface area contributed by atoms with E-state index in [9.17, 15) is 18.0 Å². The lowest BCUT2D eigenvalue weighted by Gasteiger charge is -2.17. The Morgan fingerprint density at radius 2 is 1.94 bits per heavy atom. The summed E-state index contributed by atoms with van der Waals surface area (Å²) in [6, 6.07) is 0. The summed E-state index contributed by atoms with van der Waals surface area (Å²) in [5, 5.41) is 8.38. The number of carboxylic acids is 1. The smallest absolute Gasteiger partial charge is 0.404 e. The first-order valence-electron chi connectivity index (χ1n) is 5.16. The molecule has 0 saturated heterocycles. The van der Waals surface area contributed by atoms with E-state index in [1.54, 1.807) is 0 Å². The highest BCUT2D eigenvalue weighted by molar-refractivity contribution is 5.71. The van der Waals surface area contributed by atoms with Crippen molar-refractivity contribution >= 4 is 5.97 Å². The van der Waals surface area contributed by atoms with Gasteiger partial charge in [0.15, 0.2) is 5.92 Å². The minimum Gasteiger partial charge on any atom is -0.481 e. The van der Waals surface area contributed by atoms with Crippen LogP contribution < -0.4 is 0 Å². The standard InChI is InChI=1S/C10H17F3O3/c1-3-4-7(2)5-16-6-8(9(14)15)10(11,12)13/h7-8H,3-6H2,1-2H3,(H,14,15). The molecule has 3 nitrogen and oxygen atoms in total. The second kappa shape index (κ2) is 6.73. The predicted octanol–water partition coefficient (Wildman–Crippen LogP) is 2.70. The Morgan fingerprint density at radius 3 is 2.31 bits per heavy atom. The van der Waals surface area contributed by atoms with Crippen LogP contribution in [0.2, 0.25) is 0 Å². The summed E-state index contributed by atoms with van der Waals surface area (Å²) in [4.78, 5) is 10.3. The van der Waals surface area contributed by atoms with Gasteiger partial charge in [-0.1, -0.05) is 20.3 Å². The molecule has 0 amide bonds. The largest absolute Gasteiger partial charge is 0.481 e. The fourth-order valence-corrected chi connectivity index (χ4v) is 1.27. The number of hydrogen-bond donors (Lipinski definition) is 1. The number of carbonyl (C=O) groups is 1. The maximum atomic E-state index is 12.2.